The second-order valence-electron chi connectivity index (χ2n) is 3.69. The number of hydrogen-bond acceptors (Lipinski definition) is 0. The van der Waals surface area contributed by atoms with E-state index in [0.717, 1.165) is 11.8 Å². The fourth-order valence-corrected chi connectivity index (χ4v) is 4.97. The van der Waals surface area contributed by atoms with Crippen molar-refractivity contribution in [2.75, 3.05) is 5.33 Å². The molecular weight excluding hydrogens is 318 g/mol. The first-order valence-corrected chi connectivity index (χ1v) is 6.57. The third-order valence-corrected chi connectivity index (χ3v) is 6.15. The van der Waals surface area contributed by atoms with E-state index in [4.69, 9.17) is 46.4 Å². The van der Waals surface area contributed by atoms with E-state index in [0.29, 0.717) is 16.5 Å². The van der Waals surface area contributed by atoms with Crippen molar-refractivity contribution in [1.82, 2.24) is 0 Å². The smallest absolute Gasteiger partial charge is 0.0870 e. The zero-order chi connectivity index (χ0) is 9.85. The van der Waals surface area contributed by atoms with E-state index in [1.165, 1.54) is 0 Å². The molecule has 1 fully saturated rings. The normalized spacial score (nSPS) is 49.2. The van der Waals surface area contributed by atoms with E-state index < -0.39 is 9.75 Å². The monoisotopic (exact) mass is 322 g/mol. The van der Waals surface area contributed by atoms with Crippen LogP contribution in [0.15, 0.2) is 10.1 Å². The molecule has 2 aliphatic carbocycles. The molecule has 0 aromatic rings. The number of hydrogen-bond donors (Lipinski definition) is 0. The van der Waals surface area contributed by atoms with Crippen molar-refractivity contribution in [2.24, 2.45) is 5.92 Å². The van der Waals surface area contributed by atoms with Gasteiger partial charge in [0, 0.05) is 5.33 Å². The van der Waals surface area contributed by atoms with Crippen molar-refractivity contribution in [3.05, 3.63) is 10.1 Å². The molecule has 0 radical (unpaired) electrons. The summed E-state index contributed by atoms with van der Waals surface area (Å²) in [5, 5.41) is 1.90. The van der Waals surface area contributed by atoms with Crippen LogP contribution < -0.4 is 0 Å². The van der Waals surface area contributed by atoms with Gasteiger partial charge in [-0.2, -0.15) is 0 Å². The van der Waals surface area contributed by atoms with Crippen molar-refractivity contribution < 1.29 is 0 Å². The molecule has 0 aromatic heterocycles. The molecule has 0 aromatic carbocycles. The standard InChI is InChI=1S/C8H7BrCl4/c9-2-4-1-7(12)3-8(4,13)6(11)5(7)10/h4H,1-3H2. The van der Waals surface area contributed by atoms with E-state index in [9.17, 15) is 0 Å². The number of fused-ring (bicyclic) bond motifs is 2. The Hall–Kier alpha value is 1.38. The second kappa shape index (κ2) is 3.18. The van der Waals surface area contributed by atoms with Gasteiger partial charge in [0.15, 0.2) is 0 Å². The molecule has 0 spiro atoms. The van der Waals surface area contributed by atoms with Crippen LogP contribution in [-0.2, 0) is 0 Å². The summed E-state index contributed by atoms with van der Waals surface area (Å²) in [6.45, 7) is 0. The number of alkyl halides is 3. The molecule has 0 aliphatic heterocycles. The quantitative estimate of drug-likeness (QED) is 0.625. The first kappa shape index (κ1) is 10.9. The summed E-state index contributed by atoms with van der Waals surface area (Å²) in [6.07, 6.45) is 1.45. The Kier molecular flexibility index (Phi) is 2.67. The molecule has 0 saturated heterocycles. The van der Waals surface area contributed by atoms with Gasteiger partial charge in [0.05, 0.1) is 19.8 Å². The molecule has 1 saturated carbocycles. The average Bonchev–Trinajstić information content (AvgIpc) is 2.44. The fourth-order valence-electron chi connectivity index (χ4n) is 2.16. The lowest BCUT2D eigenvalue weighted by Crippen LogP contribution is -2.28. The highest BCUT2D eigenvalue weighted by molar-refractivity contribution is 9.09. The average molecular weight is 325 g/mol. The van der Waals surface area contributed by atoms with Crippen LogP contribution in [0, 0.1) is 5.92 Å². The van der Waals surface area contributed by atoms with Crippen LogP contribution >= 0.6 is 62.3 Å². The minimum atomic E-state index is -0.524. The van der Waals surface area contributed by atoms with Crippen LogP contribution in [0.4, 0.5) is 0 Å². The summed E-state index contributed by atoms with van der Waals surface area (Å²) in [5.74, 6) is 0.279. The van der Waals surface area contributed by atoms with Crippen LogP contribution in [0.5, 0.6) is 0 Å². The van der Waals surface area contributed by atoms with E-state index in [1.54, 1.807) is 0 Å². The number of rotatable bonds is 1. The maximum absolute atomic E-state index is 6.41. The largest absolute Gasteiger partial charge is 0.113 e. The number of halogens is 5. The Bertz CT molecular complexity index is 290. The Labute approximate surface area is 106 Å². The van der Waals surface area contributed by atoms with Crippen molar-refractivity contribution in [1.29, 1.82) is 0 Å². The number of allylic oxidation sites excluding steroid dienone is 2. The maximum Gasteiger partial charge on any atom is 0.0870 e. The van der Waals surface area contributed by atoms with Gasteiger partial charge in [-0.05, 0) is 18.8 Å². The zero-order valence-corrected chi connectivity index (χ0v) is 11.2. The predicted octanol–water partition coefficient (Wildman–Crippen LogP) is 4.45. The molecule has 3 unspecified atom stereocenters. The molecule has 3 atom stereocenters. The molecule has 0 nitrogen and oxygen atoms in total. The minimum absolute atomic E-state index is 0.279. The van der Waals surface area contributed by atoms with Crippen LogP contribution in [0.1, 0.15) is 12.8 Å². The van der Waals surface area contributed by atoms with Gasteiger partial charge < -0.3 is 0 Å². The van der Waals surface area contributed by atoms with Gasteiger partial charge in [-0.15, -0.1) is 23.2 Å². The van der Waals surface area contributed by atoms with Gasteiger partial charge in [-0.3, -0.25) is 0 Å². The highest BCUT2D eigenvalue weighted by atomic mass is 79.9. The third kappa shape index (κ3) is 1.31. The van der Waals surface area contributed by atoms with E-state index >= 15 is 0 Å². The Balaban J connectivity index is 2.46. The summed E-state index contributed by atoms with van der Waals surface area (Å²) in [4.78, 5) is -1.03. The lowest BCUT2D eigenvalue weighted by Gasteiger charge is -2.28. The van der Waals surface area contributed by atoms with Crippen LogP contribution in [0.2, 0.25) is 0 Å². The Morgan fingerprint density at radius 2 is 1.92 bits per heavy atom. The van der Waals surface area contributed by atoms with Gasteiger partial charge in [-0.1, -0.05) is 39.1 Å². The minimum Gasteiger partial charge on any atom is -0.113 e. The van der Waals surface area contributed by atoms with Gasteiger partial charge in [-0.25, -0.2) is 0 Å². The van der Waals surface area contributed by atoms with Crippen LogP contribution in [-0.4, -0.2) is 15.1 Å². The molecule has 0 N–H and O–H groups in total. The summed E-state index contributed by atoms with van der Waals surface area (Å²) in [7, 11) is 0. The zero-order valence-electron chi connectivity index (χ0n) is 6.59. The summed E-state index contributed by atoms with van der Waals surface area (Å²) < 4.78 is 0. The fraction of sp³-hybridized carbons (Fsp3) is 0.750. The van der Waals surface area contributed by atoms with Crippen molar-refractivity contribution in [2.45, 2.75) is 22.6 Å². The highest BCUT2D eigenvalue weighted by Crippen LogP contribution is 2.65. The molecule has 5 heteroatoms. The van der Waals surface area contributed by atoms with E-state index in [1.807, 2.05) is 0 Å². The summed E-state index contributed by atoms with van der Waals surface area (Å²) in [5.41, 5.74) is 0. The van der Waals surface area contributed by atoms with Crippen molar-refractivity contribution in [3.63, 3.8) is 0 Å². The van der Waals surface area contributed by atoms with Gasteiger partial charge in [0.25, 0.3) is 0 Å². The molecule has 2 bridgehead atoms. The lowest BCUT2D eigenvalue weighted by molar-refractivity contribution is 0.527. The predicted molar refractivity (Wildman–Crippen MR) is 62.4 cm³/mol. The van der Waals surface area contributed by atoms with Crippen molar-refractivity contribution >= 4 is 62.3 Å². The third-order valence-electron chi connectivity index (χ3n) is 2.89. The highest BCUT2D eigenvalue weighted by Gasteiger charge is 2.62. The SMILES string of the molecule is ClC1=C(Cl)C2(Cl)CC1(Cl)CC2CBr. The molecular formula is C8H7BrCl4. The molecule has 2 rings (SSSR count). The summed E-state index contributed by atoms with van der Waals surface area (Å²) >= 11 is 28.3. The molecule has 74 valence electrons. The molecule has 0 heterocycles. The topological polar surface area (TPSA) is 0 Å². The first-order valence-electron chi connectivity index (χ1n) is 3.94. The van der Waals surface area contributed by atoms with Crippen LogP contribution in [0.3, 0.4) is 0 Å². The second-order valence-corrected chi connectivity index (χ2v) is 6.49. The molecule has 13 heavy (non-hydrogen) atoms. The molecule has 2 aliphatic rings. The molecule has 0 amide bonds. The lowest BCUT2D eigenvalue weighted by atomic mass is 9.94. The Morgan fingerprint density at radius 3 is 2.31 bits per heavy atom. The van der Waals surface area contributed by atoms with Gasteiger partial charge in [0.1, 0.15) is 0 Å². The summed E-state index contributed by atoms with van der Waals surface area (Å²) in [6, 6.07) is 0. The van der Waals surface area contributed by atoms with Crippen molar-refractivity contribution in [3.8, 4) is 0 Å². The maximum atomic E-state index is 6.41. The Morgan fingerprint density at radius 1 is 1.31 bits per heavy atom. The first-order chi connectivity index (χ1) is 5.94. The van der Waals surface area contributed by atoms with E-state index in [-0.39, 0.29) is 5.92 Å². The van der Waals surface area contributed by atoms with Gasteiger partial charge in [0.2, 0.25) is 0 Å². The van der Waals surface area contributed by atoms with Gasteiger partial charge >= 0.3 is 0 Å². The van der Waals surface area contributed by atoms with Crippen LogP contribution in [0.25, 0.3) is 0 Å². The van der Waals surface area contributed by atoms with E-state index in [2.05, 4.69) is 15.9 Å².